The highest BCUT2D eigenvalue weighted by Gasteiger charge is 2.23. The van der Waals surface area contributed by atoms with Crippen molar-refractivity contribution < 1.29 is 0 Å². The highest BCUT2D eigenvalue weighted by atomic mass is 15.2. The molecule has 1 rings (SSSR count). The van der Waals surface area contributed by atoms with Crippen molar-refractivity contribution >= 4 is 0 Å². The summed E-state index contributed by atoms with van der Waals surface area (Å²) in [4.78, 5) is 2.67. The molecule has 0 radical (unpaired) electrons. The topological polar surface area (TPSA) is 15.3 Å². The van der Waals surface area contributed by atoms with Crippen LogP contribution in [0.5, 0.6) is 0 Å². The van der Waals surface area contributed by atoms with E-state index in [1.54, 1.807) is 0 Å². The van der Waals surface area contributed by atoms with Gasteiger partial charge >= 0.3 is 0 Å². The average Bonchev–Trinajstić information content (AvgIpc) is 2.22. The third kappa shape index (κ3) is 4.06. The molecule has 0 bridgehead atoms. The summed E-state index contributed by atoms with van der Waals surface area (Å²) in [6, 6.07) is 2.19. The van der Waals surface area contributed by atoms with Crippen LogP contribution >= 0.6 is 0 Å². The number of nitrogens with one attached hydrogen (secondary N) is 1. The van der Waals surface area contributed by atoms with Crippen molar-refractivity contribution in [1.82, 2.24) is 10.2 Å². The molecule has 0 amide bonds. The van der Waals surface area contributed by atoms with Crippen LogP contribution < -0.4 is 5.32 Å². The molecule has 96 valence electrons. The molecule has 0 aromatic rings. The van der Waals surface area contributed by atoms with Crippen molar-refractivity contribution in [2.24, 2.45) is 5.92 Å². The first kappa shape index (κ1) is 14.0. The molecular weight excluding hydrogens is 196 g/mol. The molecule has 0 aromatic heterocycles. The molecule has 0 spiro atoms. The number of likely N-dealkylation sites (tertiary alicyclic amines) is 1. The molecule has 0 saturated carbocycles. The Kier molecular flexibility index (Phi) is 5.77. The molecule has 1 saturated heterocycles. The molecule has 2 nitrogen and oxygen atoms in total. The Bertz CT molecular complexity index is 181. The van der Waals surface area contributed by atoms with Gasteiger partial charge in [-0.2, -0.15) is 0 Å². The standard InChI is InChI=1S/C14H30N2/c1-11(2)14(5)15-9-10-16-12(3)7-6-8-13(16)4/h11-15H,6-10H2,1-5H3. The van der Waals surface area contributed by atoms with E-state index in [9.17, 15) is 0 Å². The highest BCUT2D eigenvalue weighted by Crippen LogP contribution is 2.21. The van der Waals surface area contributed by atoms with Gasteiger partial charge in [-0.25, -0.2) is 0 Å². The van der Waals surface area contributed by atoms with Crippen LogP contribution in [0.3, 0.4) is 0 Å². The van der Waals surface area contributed by atoms with Gasteiger partial charge in [0.2, 0.25) is 0 Å². The van der Waals surface area contributed by atoms with Crippen LogP contribution in [0.4, 0.5) is 0 Å². The molecule has 0 aromatic carbocycles. The molecular formula is C14H30N2. The fourth-order valence-corrected chi connectivity index (χ4v) is 2.57. The monoisotopic (exact) mass is 226 g/mol. The molecule has 1 aliphatic rings. The molecule has 16 heavy (non-hydrogen) atoms. The molecule has 1 heterocycles. The average molecular weight is 226 g/mol. The maximum Gasteiger partial charge on any atom is 0.0113 e. The SMILES string of the molecule is CC(C)C(C)NCCN1C(C)CCCC1C. The maximum absolute atomic E-state index is 3.63. The van der Waals surface area contributed by atoms with Gasteiger partial charge in [-0.15, -0.1) is 0 Å². The molecule has 0 aliphatic carbocycles. The zero-order valence-corrected chi connectivity index (χ0v) is 11.8. The zero-order chi connectivity index (χ0) is 12.1. The van der Waals surface area contributed by atoms with Crippen LogP contribution in [0.2, 0.25) is 0 Å². The van der Waals surface area contributed by atoms with E-state index in [1.165, 1.54) is 25.8 Å². The smallest absolute Gasteiger partial charge is 0.0113 e. The van der Waals surface area contributed by atoms with Gasteiger partial charge in [0, 0.05) is 31.2 Å². The summed E-state index contributed by atoms with van der Waals surface area (Å²) >= 11 is 0. The fourth-order valence-electron chi connectivity index (χ4n) is 2.57. The summed E-state index contributed by atoms with van der Waals surface area (Å²) in [7, 11) is 0. The summed E-state index contributed by atoms with van der Waals surface area (Å²) in [5, 5.41) is 3.63. The van der Waals surface area contributed by atoms with E-state index in [0.29, 0.717) is 6.04 Å². The second-order valence-electron chi connectivity index (χ2n) is 5.85. The lowest BCUT2D eigenvalue weighted by Gasteiger charge is -2.39. The molecule has 3 atom stereocenters. The summed E-state index contributed by atoms with van der Waals surface area (Å²) in [5.74, 6) is 0.733. The number of piperidine rings is 1. The van der Waals surface area contributed by atoms with Gasteiger partial charge in [-0.3, -0.25) is 4.90 Å². The minimum Gasteiger partial charge on any atom is -0.313 e. The second-order valence-corrected chi connectivity index (χ2v) is 5.85. The van der Waals surface area contributed by atoms with Crippen LogP contribution in [-0.4, -0.2) is 36.1 Å². The van der Waals surface area contributed by atoms with Gasteiger partial charge < -0.3 is 5.32 Å². The van der Waals surface area contributed by atoms with E-state index in [1.807, 2.05) is 0 Å². The number of hydrogen-bond acceptors (Lipinski definition) is 2. The Labute approximate surface area is 102 Å². The van der Waals surface area contributed by atoms with Crippen LogP contribution in [0.25, 0.3) is 0 Å². The summed E-state index contributed by atoms with van der Waals surface area (Å²) in [5.41, 5.74) is 0. The Morgan fingerprint density at radius 3 is 2.19 bits per heavy atom. The van der Waals surface area contributed by atoms with Crippen molar-refractivity contribution in [3.05, 3.63) is 0 Å². The van der Waals surface area contributed by atoms with Crippen LogP contribution in [-0.2, 0) is 0 Å². The van der Waals surface area contributed by atoms with Crippen molar-refractivity contribution in [3.8, 4) is 0 Å². The number of hydrogen-bond donors (Lipinski definition) is 1. The van der Waals surface area contributed by atoms with E-state index in [4.69, 9.17) is 0 Å². The van der Waals surface area contributed by atoms with Gasteiger partial charge in [-0.05, 0) is 39.5 Å². The van der Waals surface area contributed by atoms with Gasteiger partial charge in [0.05, 0.1) is 0 Å². The lowest BCUT2D eigenvalue weighted by Crippen LogP contribution is -2.47. The van der Waals surface area contributed by atoms with Crippen molar-refractivity contribution in [2.75, 3.05) is 13.1 Å². The minimum atomic E-state index is 0.635. The van der Waals surface area contributed by atoms with Crippen LogP contribution in [0.15, 0.2) is 0 Å². The minimum absolute atomic E-state index is 0.635. The number of rotatable bonds is 5. The first-order chi connectivity index (χ1) is 7.52. The largest absolute Gasteiger partial charge is 0.313 e. The summed E-state index contributed by atoms with van der Waals surface area (Å²) in [6.07, 6.45) is 4.17. The van der Waals surface area contributed by atoms with E-state index in [-0.39, 0.29) is 0 Å². The quantitative estimate of drug-likeness (QED) is 0.775. The first-order valence-electron chi connectivity index (χ1n) is 7.01. The zero-order valence-electron chi connectivity index (χ0n) is 11.8. The normalized spacial score (nSPS) is 29.6. The summed E-state index contributed by atoms with van der Waals surface area (Å²) < 4.78 is 0. The maximum atomic E-state index is 3.63. The van der Waals surface area contributed by atoms with E-state index < -0.39 is 0 Å². The molecule has 1 N–H and O–H groups in total. The fraction of sp³-hybridized carbons (Fsp3) is 1.00. The van der Waals surface area contributed by atoms with Gasteiger partial charge in [0.15, 0.2) is 0 Å². The molecule has 1 aliphatic heterocycles. The Morgan fingerprint density at radius 2 is 1.69 bits per heavy atom. The van der Waals surface area contributed by atoms with E-state index >= 15 is 0 Å². The number of nitrogens with zero attached hydrogens (tertiary/aromatic N) is 1. The Balaban J connectivity index is 2.25. The van der Waals surface area contributed by atoms with Crippen LogP contribution in [0.1, 0.15) is 53.9 Å². The third-order valence-corrected chi connectivity index (χ3v) is 4.21. The van der Waals surface area contributed by atoms with Crippen molar-refractivity contribution in [1.29, 1.82) is 0 Å². The predicted octanol–water partition coefficient (Wildman–Crippen LogP) is 2.88. The Hall–Kier alpha value is -0.0800. The second kappa shape index (κ2) is 6.61. The van der Waals surface area contributed by atoms with Gasteiger partial charge in [0.1, 0.15) is 0 Å². The molecule has 1 fully saturated rings. The third-order valence-electron chi connectivity index (χ3n) is 4.21. The molecule has 2 heteroatoms. The van der Waals surface area contributed by atoms with Gasteiger partial charge in [-0.1, -0.05) is 20.3 Å². The van der Waals surface area contributed by atoms with E-state index in [2.05, 4.69) is 44.8 Å². The lowest BCUT2D eigenvalue weighted by atomic mass is 9.97. The highest BCUT2D eigenvalue weighted by molar-refractivity contribution is 4.80. The Morgan fingerprint density at radius 1 is 1.12 bits per heavy atom. The first-order valence-corrected chi connectivity index (χ1v) is 7.01. The predicted molar refractivity (Wildman–Crippen MR) is 71.8 cm³/mol. The van der Waals surface area contributed by atoms with Crippen molar-refractivity contribution in [3.63, 3.8) is 0 Å². The molecule has 3 unspecified atom stereocenters. The van der Waals surface area contributed by atoms with Gasteiger partial charge in [0.25, 0.3) is 0 Å². The summed E-state index contributed by atoms with van der Waals surface area (Å²) in [6.45, 7) is 13.9. The lowest BCUT2D eigenvalue weighted by molar-refractivity contribution is 0.103. The van der Waals surface area contributed by atoms with Crippen molar-refractivity contribution in [2.45, 2.75) is 72.0 Å². The van der Waals surface area contributed by atoms with E-state index in [0.717, 1.165) is 24.5 Å². The van der Waals surface area contributed by atoms with Crippen LogP contribution in [0, 0.1) is 5.92 Å².